The number of hydrogen-bond donors (Lipinski definition) is 0. The fourth-order valence-corrected chi connectivity index (χ4v) is 2.28. The lowest BCUT2D eigenvalue weighted by Crippen LogP contribution is -2.46. The molecule has 1 aromatic rings. The van der Waals surface area contributed by atoms with Crippen LogP contribution in [-0.4, -0.2) is 34.8 Å². The van der Waals surface area contributed by atoms with E-state index in [-0.39, 0.29) is 12.5 Å². The van der Waals surface area contributed by atoms with E-state index in [1.165, 1.54) is 0 Å². The van der Waals surface area contributed by atoms with Crippen LogP contribution < -0.4 is 0 Å². The summed E-state index contributed by atoms with van der Waals surface area (Å²) < 4.78 is 5.16. The monoisotopic (exact) mass is 299 g/mol. The molecule has 1 aliphatic rings. The summed E-state index contributed by atoms with van der Waals surface area (Å²) in [4.78, 5) is 38.1. The normalized spacial score (nSPS) is 14.5. The number of rotatable bonds is 4. The third-order valence-corrected chi connectivity index (χ3v) is 3.23. The van der Waals surface area contributed by atoms with Crippen molar-refractivity contribution in [3.05, 3.63) is 35.4 Å². The molecule has 22 heavy (non-hydrogen) atoms. The van der Waals surface area contributed by atoms with Crippen LogP contribution in [0.15, 0.2) is 24.3 Å². The second-order valence-electron chi connectivity index (χ2n) is 5.16. The molecule has 1 unspecified atom stereocenters. The van der Waals surface area contributed by atoms with Gasteiger partial charge >= 0.3 is 5.97 Å². The largest absolute Gasteiger partial charge is 0.461 e. The third-order valence-electron chi connectivity index (χ3n) is 3.23. The molecule has 114 valence electrons. The second-order valence-corrected chi connectivity index (χ2v) is 5.16. The van der Waals surface area contributed by atoms with Gasteiger partial charge in [0.1, 0.15) is 6.04 Å². The van der Waals surface area contributed by atoms with Gasteiger partial charge in [-0.1, -0.05) is 12.1 Å². The van der Waals surface area contributed by atoms with E-state index in [2.05, 4.69) is 11.8 Å². The molecule has 0 N–H and O–H groups in total. The van der Waals surface area contributed by atoms with E-state index in [1.54, 1.807) is 45.0 Å². The van der Waals surface area contributed by atoms with Gasteiger partial charge in [0.25, 0.3) is 11.8 Å². The highest BCUT2D eigenvalue weighted by atomic mass is 16.5. The van der Waals surface area contributed by atoms with Crippen LogP contribution in [0.5, 0.6) is 0 Å². The summed E-state index contributed by atoms with van der Waals surface area (Å²) in [6.07, 6.45) is -0.271. The zero-order valence-electron chi connectivity index (χ0n) is 12.8. The summed E-state index contributed by atoms with van der Waals surface area (Å²) in [6.45, 7) is 5.05. The molecule has 0 fully saturated rings. The van der Waals surface area contributed by atoms with Gasteiger partial charge in [-0.2, -0.15) is 0 Å². The van der Waals surface area contributed by atoms with Gasteiger partial charge in [-0.25, -0.2) is 4.79 Å². The maximum atomic E-state index is 12.5. The zero-order chi connectivity index (χ0) is 16.3. The Kier molecular flexibility index (Phi) is 4.62. The van der Waals surface area contributed by atoms with Crippen LogP contribution in [0.25, 0.3) is 0 Å². The van der Waals surface area contributed by atoms with Crippen molar-refractivity contribution >= 4 is 17.8 Å². The van der Waals surface area contributed by atoms with Crippen molar-refractivity contribution in [3.63, 3.8) is 0 Å². The molecule has 1 aromatic carbocycles. The summed E-state index contributed by atoms with van der Waals surface area (Å²) >= 11 is 0. The third kappa shape index (κ3) is 2.86. The average Bonchev–Trinajstić information content (AvgIpc) is 2.72. The van der Waals surface area contributed by atoms with Crippen molar-refractivity contribution in [2.24, 2.45) is 0 Å². The summed E-state index contributed by atoms with van der Waals surface area (Å²) in [5.74, 6) is 3.84. The summed E-state index contributed by atoms with van der Waals surface area (Å²) in [6, 6.07) is 5.49. The van der Waals surface area contributed by atoms with E-state index in [4.69, 9.17) is 4.74 Å². The molecule has 2 rings (SSSR count). The number of carbonyl (C=O) groups excluding carboxylic acids is 3. The molecule has 5 heteroatoms. The highest BCUT2D eigenvalue weighted by Gasteiger charge is 2.43. The number of nitrogens with zero attached hydrogens (tertiary/aromatic N) is 1. The maximum absolute atomic E-state index is 12.5. The molecule has 1 aliphatic heterocycles. The first-order chi connectivity index (χ1) is 10.5. The van der Waals surface area contributed by atoms with Crippen molar-refractivity contribution in [2.45, 2.75) is 39.3 Å². The Morgan fingerprint density at radius 2 is 1.73 bits per heavy atom. The number of carbonyl (C=O) groups is 3. The summed E-state index contributed by atoms with van der Waals surface area (Å²) in [5, 5.41) is 0. The highest BCUT2D eigenvalue weighted by molar-refractivity contribution is 6.22. The van der Waals surface area contributed by atoms with Gasteiger partial charge in [-0.15, -0.1) is 11.8 Å². The molecule has 2 amide bonds. The molecular weight excluding hydrogens is 282 g/mol. The number of fused-ring (bicyclic) bond motifs is 1. The van der Waals surface area contributed by atoms with Crippen LogP contribution in [-0.2, 0) is 9.53 Å². The van der Waals surface area contributed by atoms with Gasteiger partial charge in [0.2, 0.25) is 0 Å². The first kappa shape index (κ1) is 15.8. The molecule has 0 saturated carbocycles. The van der Waals surface area contributed by atoms with Crippen LogP contribution in [0.4, 0.5) is 0 Å². The van der Waals surface area contributed by atoms with E-state index in [0.29, 0.717) is 11.1 Å². The minimum Gasteiger partial charge on any atom is -0.461 e. The van der Waals surface area contributed by atoms with Gasteiger partial charge in [0.15, 0.2) is 0 Å². The molecule has 0 bridgehead atoms. The maximum Gasteiger partial charge on any atom is 0.330 e. The molecule has 1 atom stereocenters. The van der Waals surface area contributed by atoms with Gasteiger partial charge in [-0.3, -0.25) is 14.5 Å². The standard InChI is InChI=1S/C17H17NO4/c1-4-5-10-14(17(21)22-11(2)3)18-15(19)12-8-6-7-9-13(12)16(18)20/h6-9,11,14H,10H2,1-3H3. The van der Waals surface area contributed by atoms with E-state index in [0.717, 1.165) is 4.90 Å². The van der Waals surface area contributed by atoms with E-state index in [1.807, 2.05) is 0 Å². The first-order valence-corrected chi connectivity index (χ1v) is 7.04. The van der Waals surface area contributed by atoms with Crippen LogP contribution in [0.2, 0.25) is 0 Å². The minimum atomic E-state index is -1.03. The quantitative estimate of drug-likeness (QED) is 0.485. The lowest BCUT2D eigenvalue weighted by Gasteiger charge is -2.23. The van der Waals surface area contributed by atoms with E-state index >= 15 is 0 Å². The number of amides is 2. The van der Waals surface area contributed by atoms with Crippen molar-refractivity contribution < 1.29 is 19.1 Å². The predicted molar refractivity (Wildman–Crippen MR) is 80.0 cm³/mol. The summed E-state index contributed by atoms with van der Waals surface area (Å²) in [5.41, 5.74) is 0.610. The van der Waals surface area contributed by atoms with Crippen LogP contribution in [0.1, 0.15) is 47.9 Å². The number of hydrogen-bond acceptors (Lipinski definition) is 4. The number of esters is 1. The zero-order valence-corrected chi connectivity index (χ0v) is 12.8. The Hall–Kier alpha value is -2.61. The molecule has 0 spiro atoms. The number of benzene rings is 1. The lowest BCUT2D eigenvalue weighted by atomic mass is 10.1. The molecule has 0 radical (unpaired) electrons. The Morgan fingerprint density at radius 3 is 2.18 bits per heavy atom. The summed E-state index contributed by atoms with van der Waals surface area (Å²) in [7, 11) is 0. The minimum absolute atomic E-state index is 0.0630. The van der Waals surface area contributed by atoms with Crippen molar-refractivity contribution in [3.8, 4) is 11.8 Å². The van der Waals surface area contributed by atoms with Gasteiger partial charge in [0, 0.05) is 6.42 Å². The van der Waals surface area contributed by atoms with Crippen LogP contribution >= 0.6 is 0 Å². The second kappa shape index (κ2) is 6.44. The molecule has 5 nitrogen and oxygen atoms in total. The highest BCUT2D eigenvalue weighted by Crippen LogP contribution is 2.26. The van der Waals surface area contributed by atoms with Gasteiger partial charge in [-0.05, 0) is 32.9 Å². The van der Waals surface area contributed by atoms with Crippen LogP contribution in [0, 0.1) is 11.8 Å². The Bertz CT molecular complexity index is 646. The number of ether oxygens (including phenoxy) is 1. The number of imide groups is 1. The first-order valence-electron chi connectivity index (χ1n) is 7.04. The van der Waals surface area contributed by atoms with Gasteiger partial charge < -0.3 is 4.74 Å². The topological polar surface area (TPSA) is 63.7 Å². The van der Waals surface area contributed by atoms with Crippen molar-refractivity contribution in [1.29, 1.82) is 0 Å². The van der Waals surface area contributed by atoms with E-state index in [9.17, 15) is 14.4 Å². The Labute approximate surface area is 129 Å². The Balaban J connectivity index is 2.36. The molecule has 0 aromatic heterocycles. The smallest absolute Gasteiger partial charge is 0.330 e. The molecule has 1 heterocycles. The van der Waals surface area contributed by atoms with Crippen molar-refractivity contribution in [2.75, 3.05) is 0 Å². The molecule has 0 aliphatic carbocycles. The average molecular weight is 299 g/mol. The predicted octanol–water partition coefficient (Wildman–Crippen LogP) is 2.02. The molecular formula is C17H17NO4. The lowest BCUT2D eigenvalue weighted by molar-refractivity contribution is -0.152. The molecule has 0 saturated heterocycles. The van der Waals surface area contributed by atoms with Gasteiger partial charge in [0.05, 0.1) is 17.2 Å². The van der Waals surface area contributed by atoms with Crippen molar-refractivity contribution in [1.82, 2.24) is 4.90 Å². The van der Waals surface area contributed by atoms with E-state index < -0.39 is 23.8 Å². The van der Waals surface area contributed by atoms with Crippen LogP contribution in [0.3, 0.4) is 0 Å². The SMILES string of the molecule is CC#CCC(C(=O)OC(C)C)N1C(=O)c2ccccc2C1=O. The Morgan fingerprint density at radius 1 is 1.18 bits per heavy atom. The fraction of sp³-hybridized carbons (Fsp3) is 0.353. The fourth-order valence-electron chi connectivity index (χ4n) is 2.28.